The number of piperazine rings is 1. The number of aryl methyl sites for hydroxylation is 1. The molecule has 1 saturated heterocycles. The van der Waals surface area contributed by atoms with E-state index in [4.69, 9.17) is 18.0 Å². The molecule has 1 unspecified atom stereocenters. The van der Waals surface area contributed by atoms with Crippen molar-refractivity contribution in [1.29, 1.82) is 0 Å². The summed E-state index contributed by atoms with van der Waals surface area (Å²) in [6, 6.07) is 5.09. The number of nitrogens with zero attached hydrogens (tertiary/aromatic N) is 2. The Morgan fingerprint density at radius 2 is 1.95 bits per heavy atom. The van der Waals surface area contributed by atoms with Crippen molar-refractivity contribution >= 4 is 23.1 Å². The minimum absolute atomic E-state index is 0.0482. The molecule has 3 N–H and O–H groups in total. The van der Waals surface area contributed by atoms with Crippen molar-refractivity contribution in [1.82, 2.24) is 9.80 Å². The lowest BCUT2D eigenvalue weighted by Crippen LogP contribution is -2.53. The fourth-order valence-electron chi connectivity index (χ4n) is 2.42. The molecule has 2 rings (SSSR count). The summed E-state index contributed by atoms with van der Waals surface area (Å²) in [5, 5.41) is 9.72. The second-order valence-electron chi connectivity index (χ2n) is 5.41. The van der Waals surface area contributed by atoms with Crippen LogP contribution in [0.2, 0.25) is 0 Å². The van der Waals surface area contributed by atoms with Crippen molar-refractivity contribution in [2.24, 2.45) is 5.73 Å². The summed E-state index contributed by atoms with van der Waals surface area (Å²) in [6.07, 6.45) is 0. The molecule has 0 bridgehead atoms. The van der Waals surface area contributed by atoms with Gasteiger partial charge in [-0.15, -0.1) is 0 Å². The Hall–Kier alpha value is -1.66. The van der Waals surface area contributed by atoms with Gasteiger partial charge in [-0.05, 0) is 31.5 Å². The minimum Gasteiger partial charge on any atom is -0.508 e. The number of amides is 1. The van der Waals surface area contributed by atoms with E-state index in [9.17, 15) is 9.90 Å². The van der Waals surface area contributed by atoms with Crippen LogP contribution in [0.1, 0.15) is 22.8 Å². The van der Waals surface area contributed by atoms with Crippen molar-refractivity contribution in [2.75, 3.05) is 26.2 Å². The highest BCUT2D eigenvalue weighted by molar-refractivity contribution is 7.80. The molecule has 1 aliphatic heterocycles. The summed E-state index contributed by atoms with van der Waals surface area (Å²) in [5.74, 6) is 0.106. The van der Waals surface area contributed by atoms with Gasteiger partial charge in [0.15, 0.2) is 0 Å². The van der Waals surface area contributed by atoms with Crippen LogP contribution in [0.3, 0.4) is 0 Å². The number of rotatable bonds is 3. The summed E-state index contributed by atoms with van der Waals surface area (Å²) in [5.41, 5.74) is 6.95. The molecule has 0 saturated carbocycles. The van der Waals surface area contributed by atoms with Gasteiger partial charge in [-0.2, -0.15) is 0 Å². The molecule has 1 heterocycles. The Labute approximate surface area is 130 Å². The van der Waals surface area contributed by atoms with E-state index in [0.29, 0.717) is 23.6 Å². The number of aromatic hydroxyl groups is 1. The number of carbonyl (C=O) groups is 1. The number of nitrogens with two attached hydrogens (primary N) is 1. The van der Waals surface area contributed by atoms with E-state index in [2.05, 4.69) is 4.90 Å². The third-order valence-electron chi connectivity index (χ3n) is 4.02. The molecule has 1 amide bonds. The van der Waals surface area contributed by atoms with Crippen LogP contribution >= 0.6 is 12.2 Å². The van der Waals surface area contributed by atoms with Crippen molar-refractivity contribution in [3.63, 3.8) is 0 Å². The van der Waals surface area contributed by atoms with E-state index in [1.807, 2.05) is 6.92 Å². The molecule has 1 aliphatic rings. The molecule has 6 heteroatoms. The van der Waals surface area contributed by atoms with Crippen molar-refractivity contribution < 1.29 is 9.90 Å². The van der Waals surface area contributed by atoms with Gasteiger partial charge in [0.2, 0.25) is 0 Å². The molecule has 0 aromatic heterocycles. The lowest BCUT2D eigenvalue weighted by molar-refractivity contribution is 0.0621. The van der Waals surface area contributed by atoms with Gasteiger partial charge in [-0.1, -0.05) is 18.3 Å². The van der Waals surface area contributed by atoms with Gasteiger partial charge < -0.3 is 15.7 Å². The average molecular weight is 307 g/mol. The normalized spacial score (nSPS) is 17.5. The maximum atomic E-state index is 12.4. The lowest BCUT2D eigenvalue weighted by Gasteiger charge is -2.37. The topological polar surface area (TPSA) is 69.8 Å². The summed E-state index contributed by atoms with van der Waals surface area (Å²) in [7, 11) is 0. The first-order chi connectivity index (χ1) is 9.90. The molecule has 1 fully saturated rings. The molecule has 21 heavy (non-hydrogen) atoms. The Morgan fingerprint density at radius 1 is 1.33 bits per heavy atom. The summed E-state index contributed by atoms with van der Waals surface area (Å²) in [4.78, 5) is 16.9. The van der Waals surface area contributed by atoms with Crippen molar-refractivity contribution in [3.05, 3.63) is 29.3 Å². The third-order valence-corrected chi connectivity index (χ3v) is 4.36. The van der Waals surface area contributed by atoms with Crippen LogP contribution in [-0.4, -0.2) is 58.0 Å². The molecule has 114 valence electrons. The standard InChI is InChI=1S/C15H21N3O2S/c1-10-3-4-12(9-13(10)19)15(20)18-7-5-17(6-8-18)11(2)14(16)21/h3-4,9,11,19H,5-8H2,1-2H3,(H2,16,21). The van der Waals surface area contributed by atoms with Gasteiger partial charge >= 0.3 is 0 Å². The van der Waals surface area contributed by atoms with E-state index in [1.165, 1.54) is 6.07 Å². The number of thiocarbonyl (C=S) groups is 1. The smallest absolute Gasteiger partial charge is 0.254 e. The summed E-state index contributed by atoms with van der Waals surface area (Å²) in [6.45, 7) is 6.57. The van der Waals surface area contributed by atoms with E-state index in [0.717, 1.165) is 18.7 Å². The molecular formula is C15H21N3O2S. The maximum Gasteiger partial charge on any atom is 0.254 e. The lowest BCUT2D eigenvalue weighted by atomic mass is 10.1. The second kappa shape index (κ2) is 6.41. The largest absolute Gasteiger partial charge is 0.508 e. The molecule has 0 aliphatic carbocycles. The molecule has 1 aromatic rings. The van der Waals surface area contributed by atoms with Crippen molar-refractivity contribution in [2.45, 2.75) is 19.9 Å². The fourth-order valence-corrected chi connectivity index (χ4v) is 2.57. The first-order valence-electron chi connectivity index (χ1n) is 7.02. The number of phenols is 1. The zero-order chi connectivity index (χ0) is 15.6. The fraction of sp³-hybridized carbons (Fsp3) is 0.467. The van der Waals surface area contributed by atoms with Crippen LogP contribution in [0.4, 0.5) is 0 Å². The van der Waals surface area contributed by atoms with Gasteiger partial charge in [0.25, 0.3) is 5.91 Å². The first kappa shape index (κ1) is 15.7. The highest BCUT2D eigenvalue weighted by Crippen LogP contribution is 2.19. The van der Waals surface area contributed by atoms with Gasteiger partial charge in [0.05, 0.1) is 11.0 Å². The molecule has 0 radical (unpaired) electrons. The van der Waals surface area contributed by atoms with Gasteiger partial charge in [0, 0.05) is 31.7 Å². The Kier molecular flexibility index (Phi) is 4.80. The van der Waals surface area contributed by atoms with Crippen LogP contribution in [0.5, 0.6) is 5.75 Å². The van der Waals surface area contributed by atoms with Crippen molar-refractivity contribution in [3.8, 4) is 5.75 Å². The Balaban J connectivity index is 2.00. The van der Waals surface area contributed by atoms with Crippen LogP contribution in [0.15, 0.2) is 18.2 Å². The zero-order valence-corrected chi connectivity index (χ0v) is 13.2. The molecule has 1 atom stereocenters. The number of carbonyl (C=O) groups excluding carboxylic acids is 1. The van der Waals surface area contributed by atoms with Gasteiger partial charge in [-0.3, -0.25) is 9.69 Å². The number of benzene rings is 1. The van der Waals surface area contributed by atoms with Gasteiger partial charge in [0.1, 0.15) is 5.75 Å². The van der Waals surface area contributed by atoms with Gasteiger partial charge in [-0.25, -0.2) is 0 Å². The predicted molar refractivity (Wildman–Crippen MR) is 86.6 cm³/mol. The van der Waals surface area contributed by atoms with Crippen LogP contribution in [-0.2, 0) is 0 Å². The number of hydrogen-bond acceptors (Lipinski definition) is 4. The molecule has 5 nitrogen and oxygen atoms in total. The quantitative estimate of drug-likeness (QED) is 0.819. The van der Waals surface area contributed by atoms with E-state index >= 15 is 0 Å². The second-order valence-corrected chi connectivity index (χ2v) is 5.88. The Bertz CT molecular complexity index is 554. The third kappa shape index (κ3) is 3.51. The SMILES string of the molecule is Cc1ccc(C(=O)N2CCN(C(C)C(N)=S)CC2)cc1O. The molecule has 0 spiro atoms. The summed E-state index contributed by atoms with van der Waals surface area (Å²) >= 11 is 5.01. The van der Waals surface area contributed by atoms with Crippen LogP contribution in [0.25, 0.3) is 0 Å². The van der Waals surface area contributed by atoms with Crippen LogP contribution < -0.4 is 5.73 Å². The van der Waals surface area contributed by atoms with E-state index in [-0.39, 0.29) is 17.7 Å². The molecular weight excluding hydrogens is 286 g/mol. The van der Waals surface area contributed by atoms with E-state index in [1.54, 1.807) is 24.0 Å². The highest BCUT2D eigenvalue weighted by atomic mass is 32.1. The minimum atomic E-state index is -0.0482. The summed E-state index contributed by atoms with van der Waals surface area (Å²) < 4.78 is 0. The zero-order valence-electron chi connectivity index (χ0n) is 12.4. The monoisotopic (exact) mass is 307 g/mol. The number of phenolic OH excluding ortho intramolecular Hbond substituents is 1. The highest BCUT2D eigenvalue weighted by Gasteiger charge is 2.25. The molecule has 1 aromatic carbocycles. The maximum absolute atomic E-state index is 12.4. The Morgan fingerprint density at radius 3 is 2.48 bits per heavy atom. The average Bonchev–Trinajstić information content (AvgIpc) is 2.48. The first-order valence-corrected chi connectivity index (χ1v) is 7.43. The van der Waals surface area contributed by atoms with Crippen LogP contribution in [0, 0.1) is 6.92 Å². The van der Waals surface area contributed by atoms with E-state index < -0.39 is 0 Å². The predicted octanol–water partition coefficient (Wildman–Crippen LogP) is 1.13. The number of hydrogen-bond donors (Lipinski definition) is 2.